The van der Waals surface area contributed by atoms with Crippen LogP contribution in [-0.4, -0.2) is 87.8 Å². The van der Waals surface area contributed by atoms with E-state index in [1.807, 2.05) is 36.1 Å². The van der Waals surface area contributed by atoms with Crippen LogP contribution in [0.2, 0.25) is 0 Å². The predicted octanol–water partition coefficient (Wildman–Crippen LogP) is 3.51. The summed E-state index contributed by atoms with van der Waals surface area (Å²) in [5, 5.41) is 49.9. The first-order chi connectivity index (χ1) is 26.2. The Morgan fingerprint density at radius 1 is 1.02 bits per heavy atom. The smallest absolute Gasteiger partial charge is 0.249 e. The van der Waals surface area contributed by atoms with Crippen LogP contribution in [0.25, 0.3) is 11.2 Å². The van der Waals surface area contributed by atoms with E-state index in [1.54, 1.807) is 53.4 Å². The van der Waals surface area contributed by atoms with Gasteiger partial charge in [0.1, 0.15) is 29.8 Å². The number of aryl methyl sites for hydroxylation is 1. The number of aliphatic hydroxyl groups excluding tert-OH is 2. The molecule has 8 rings (SSSR count). The van der Waals surface area contributed by atoms with Crippen molar-refractivity contribution in [3.8, 4) is 11.5 Å². The van der Waals surface area contributed by atoms with Gasteiger partial charge in [0.05, 0.1) is 12.0 Å². The number of carbonyl (C=O) groups is 1. The maximum atomic E-state index is 12.3. The molecule has 4 aromatic heterocycles. The molecule has 0 radical (unpaired) electrons. The number of phenols is 2. The topological polar surface area (TPSA) is 231 Å². The average molecular weight is 734 g/mol. The maximum Gasteiger partial charge on any atom is 0.249 e. The zero-order valence-electron chi connectivity index (χ0n) is 29.2. The molecule has 54 heavy (non-hydrogen) atoms. The number of imidazole rings is 1. The van der Waals surface area contributed by atoms with E-state index in [1.165, 1.54) is 6.33 Å². The number of hydrogen-bond donors (Lipinski definition) is 6. The van der Waals surface area contributed by atoms with Crippen LogP contribution in [0, 0.1) is 0 Å². The van der Waals surface area contributed by atoms with Gasteiger partial charge in [-0.05, 0) is 59.9 Å². The molecule has 16 nitrogen and oxygen atoms in total. The minimum atomic E-state index is -1.36. The van der Waals surface area contributed by atoms with Gasteiger partial charge in [-0.25, -0.2) is 4.98 Å². The first-order valence-corrected chi connectivity index (χ1v) is 17.7. The molecule has 7 N–H and O–H groups in total. The van der Waals surface area contributed by atoms with E-state index in [4.69, 9.17) is 25.0 Å². The highest BCUT2D eigenvalue weighted by Gasteiger charge is 2.47. The third kappa shape index (κ3) is 6.55. The van der Waals surface area contributed by atoms with E-state index >= 15 is 0 Å². The Labute approximate surface area is 308 Å². The Kier molecular flexibility index (Phi) is 9.31. The SMILES string of the molecule is CCc1cc([C@H]2O[C@@H](n3cnc4c(NCC(c5ccc(O)cc5)c5ccc(O)cc5)nc(N5CC[C@H](c6cnccc6C(N)=O)C5)nc43)[C@H](O)[C@@H]2O)on1. The van der Waals surface area contributed by atoms with Gasteiger partial charge < -0.3 is 45.6 Å². The van der Waals surface area contributed by atoms with Crippen molar-refractivity contribution in [1.82, 2.24) is 29.7 Å². The highest BCUT2D eigenvalue weighted by atomic mass is 16.6. The molecule has 0 saturated carbocycles. The standard InChI is InChI=1S/C38H39N9O7/c1-2-23-15-29(54-45-23)33-31(50)32(51)37(53-33)47-19-42-30-35(41-17-27(20-3-7-24(48)8-4-20)21-5-9-25(49)10-6-21)43-38(44-36(30)47)46-14-12-22(18-46)28-16-40-13-11-26(28)34(39)52/h3-11,13,15-16,19,22,27,31-33,37,48-51H,2,12,14,17-18H2,1H3,(H2,39,52)(H,41,43,44)/t22-,31-,32+,33+,37+/m0/s1. The van der Waals surface area contributed by atoms with Gasteiger partial charge in [-0.15, -0.1) is 0 Å². The molecule has 1 amide bonds. The van der Waals surface area contributed by atoms with Crippen molar-refractivity contribution in [2.45, 2.75) is 56.1 Å². The van der Waals surface area contributed by atoms with E-state index in [2.05, 4.69) is 20.4 Å². The summed E-state index contributed by atoms with van der Waals surface area (Å²) in [6.45, 7) is 3.31. The van der Waals surface area contributed by atoms with Gasteiger partial charge in [-0.1, -0.05) is 36.3 Å². The summed E-state index contributed by atoms with van der Waals surface area (Å²) in [5.74, 6) is 0.527. The van der Waals surface area contributed by atoms with Crippen molar-refractivity contribution in [2.75, 3.05) is 29.9 Å². The van der Waals surface area contributed by atoms with Crippen molar-refractivity contribution in [2.24, 2.45) is 5.73 Å². The summed E-state index contributed by atoms with van der Waals surface area (Å²) in [4.78, 5) is 33.1. The van der Waals surface area contributed by atoms with Crippen LogP contribution in [0.5, 0.6) is 11.5 Å². The van der Waals surface area contributed by atoms with Crippen LogP contribution in [0.1, 0.15) is 76.0 Å². The molecule has 2 aliphatic rings. The number of phenolic OH excluding ortho intramolecular Hbond substituents is 2. The number of carbonyl (C=O) groups excluding carboxylic acids is 1. The molecule has 0 aliphatic carbocycles. The third-order valence-electron chi connectivity index (χ3n) is 10.2. The van der Waals surface area contributed by atoms with Crippen LogP contribution in [0.15, 0.2) is 83.9 Å². The van der Waals surface area contributed by atoms with E-state index in [0.29, 0.717) is 72.4 Å². The number of rotatable bonds is 11. The van der Waals surface area contributed by atoms with Crippen LogP contribution in [0.4, 0.5) is 11.8 Å². The lowest BCUT2D eigenvalue weighted by molar-refractivity contribution is -0.0434. The summed E-state index contributed by atoms with van der Waals surface area (Å²) in [7, 11) is 0. The molecule has 2 fully saturated rings. The zero-order valence-corrected chi connectivity index (χ0v) is 29.2. The fraction of sp³-hybridized carbons (Fsp3) is 0.316. The number of primary amides is 1. The first-order valence-electron chi connectivity index (χ1n) is 17.7. The van der Waals surface area contributed by atoms with Crippen LogP contribution >= 0.6 is 0 Å². The number of hydrogen-bond acceptors (Lipinski definition) is 14. The van der Waals surface area contributed by atoms with E-state index < -0.39 is 30.4 Å². The molecule has 2 aromatic carbocycles. The molecule has 16 heteroatoms. The lowest BCUT2D eigenvalue weighted by atomic mass is 9.91. The molecular weight excluding hydrogens is 694 g/mol. The minimum absolute atomic E-state index is 0.0685. The Bertz CT molecular complexity index is 2230. The molecule has 278 valence electrons. The Hall–Kier alpha value is -6.10. The van der Waals surface area contributed by atoms with Gasteiger partial charge in [0.15, 0.2) is 29.0 Å². The number of pyridine rings is 1. The van der Waals surface area contributed by atoms with Gasteiger partial charge >= 0.3 is 0 Å². The van der Waals surface area contributed by atoms with Crippen molar-refractivity contribution in [3.05, 3.63) is 113 Å². The molecule has 6 aromatic rings. The number of nitrogens with two attached hydrogens (primary N) is 1. The van der Waals surface area contributed by atoms with Crippen LogP contribution in [0.3, 0.4) is 0 Å². The van der Waals surface area contributed by atoms with Crippen LogP contribution in [-0.2, 0) is 11.2 Å². The molecule has 0 unspecified atom stereocenters. The quantitative estimate of drug-likeness (QED) is 0.112. The monoisotopic (exact) mass is 733 g/mol. The second kappa shape index (κ2) is 14.4. The molecule has 0 bridgehead atoms. The van der Waals surface area contributed by atoms with Gasteiger partial charge in [0.2, 0.25) is 11.9 Å². The fourth-order valence-electron chi connectivity index (χ4n) is 7.30. The third-order valence-corrected chi connectivity index (χ3v) is 10.2. The Morgan fingerprint density at radius 2 is 1.74 bits per heavy atom. The summed E-state index contributed by atoms with van der Waals surface area (Å²) >= 11 is 0. The zero-order chi connectivity index (χ0) is 37.5. The summed E-state index contributed by atoms with van der Waals surface area (Å²) in [6, 6.07) is 17.2. The Balaban J connectivity index is 1.17. The second-order valence-corrected chi connectivity index (χ2v) is 13.6. The number of anilines is 2. The summed E-state index contributed by atoms with van der Waals surface area (Å²) < 4.78 is 13.3. The minimum Gasteiger partial charge on any atom is -0.508 e. The van der Waals surface area contributed by atoms with E-state index in [0.717, 1.165) is 16.7 Å². The normalized spacial score (nSPS) is 21.3. The highest BCUT2D eigenvalue weighted by molar-refractivity contribution is 5.94. The maximum absolute atomic E-state index is 12.3. The molecule has 2 aliphatic heterocycles. The Morgan fingerprint density at radius 3 is 2.41 bits per heavy atom. The average Bonchev–Trinajstić information content (AvgIpc) is 4.00. The molecule has 6 heterocycles. The van der Waals surface area contributed by atoms with E-state index in [9.17, 15) is 25.2 Å². The van der Waals surface area contributed by atoms with Crippen molar-refractivity contribution in [3.63, 3.8) is 0 Å². The molecular formula is C38H39N9O7. The lowest BCUT2D eigenvalue weighted by Crippen LogP contribution is -2.29. The lowest BCUT2D eigenvalue weighted by Gasteiger charge is -2.22. The number of benzene rings is 2. The van der Waals surface area contributed by atoms with Crippen molar-refractivity contribution in [1.29, 1.82) is 0 Å². The van der Waals surface area contributed by atoms with Gasteiger partial charge in [0.25, 0.3) is 0 Å². The number of nitrogens with one attached hydrogen (secondary N) is 1. The predicted molar refractivity (Wildman–Crippen MR) is 195 cm³/mol. The van der Waals surface area contributed by atoms with Crippen molar-refractivity contribution < 1.29 is 34.5 Å². The molecule has 0 spiro atoms. The number of aromatic hydroxyl groups is 2. The highest BCUT2D eigenvalue weighted by Crippen LogP contribution is 2.41. The number of fused-ring (bicyclic) bond motifs is 1. The number of ether oxygens (including phenoxy) is 1. The number of nitrogens with zero attached hydrogens (tertiary/aromatic N) is 7. The van der Waals surface area contributed by atoms with E-state index in [-0.39, 0.29) is 23.3 Å². The number of aliphatic hydroxyl groups is 2. The fourth-order valence-corrected chi connectivity index (χ4v) is 7.30. The van der Waals surface area contributed by atoms with Gasteiger partial charge in [0, 0.05) is 55.5 Å². The molecule has 5 atom stereocenters. The first kappa shape index (κ1) is 35.0. The van der Waals surface area contributed by atoms with Gasteiger partial charge in [-0.3, -0.25) is 14.3 Å². The number of amides is 1. The molecule has 2 saturated heterocycles. The van der Waals surface area contributed by atoms with Crippen LogP contribution < -0.4 is 16.0 Å². The largest absolute Gasteiger partial charge is 0.508 e. The summed E-state index contributed by atoms with van der Waals surface area (Å²) in [6.07, 6.45) is 1.28. The van der Waals surface area contributed by atoms with Crippen molar-refractivity contribution >= 4 is 28.8 Å². The van der Waals surface area contributed by atoms with Gasteiger partial charge in [-0.2, -0.15) is 9.97 Å². The number of aromatic nitrogens is 6. The second-order valence-electron chi connectivity index (χ2n) is 13.6. The summed E-state index contributed by atoms with van der Waals surface area (Å²) in [5.41, 5.74) is 10.1.